The van der Waals surface area contributed by atoms with Crippen molar-refractivity contribution in [2.45, 2.75) is 32.3 Å². The lowest BCUT2D eigenvalue weighted by atomic mass is 10.1. The first-order valence-corrected chi connectivity index (χ1v) is 8.73. The van der Waals surface area contributed by atoms with Gasteiger partial charge in [0.2, 0.25) is 5.95 Å². The lowest BCUT2D eigenvalue weighted by Gasteiger charge is -2.31. The highest BCUT2D eigenvalue weighted by Crippen LogP contribution is 2.22. The van der Waals surface area contributed by atoms with Crippen LogP contribution >= 0.6 is 0 Å². The fourth-order valence-electron chi connectivity index (χ4n) is 3.19. The van der Waals surface area contributed by atoms with Crippen LogP contribution in [0.15, 0.2) is 30.5 Å². The van der Waals surface area contributed by atoms with Crippen molar-refractivity contribution >= 4 is 28.5 Å². The van der Waals surface area contributed by atoms with E-state index in [1.54, 1.807) is 6.20 Å². The van der Waals surface area contributed by atoms with Gasteiger partial charge in [-0.15, -0.1) is 0 Å². The third kappa shape index (κ3) is 3.41. The van der Waals surface area contributed by atoms with Gasteiger partial charge in [-0.05, 0) is 37.1 Å². The number of nitrogens with one attached hydrogen (secondary N) is 2. The lowest BCUT2D eigenvalue weighted by Crippen LogP contribution is -2.38. The molecule has 1 unspecified atom stereocenters. The molecule has 1 aliphatic heterocycles. The molecule has 1 aromatic carbocycles. The molecule has 1 atom stereocenters. The molecule has 0 aliphatic carbocycles. The number of hydrogen-bond donors (Lipinski definition) is 3. The Balaban J connectivity index is 1.55. The molecule has 0 saturated carbocycles. The van der Waals surface area contributed by atoms with Gasteiger partial charge in [-0.1, -0.05) is 6.92 Å². The van der Waals surface area contributed by atoms with Gasteiger partial charge in [-0.25, -0.2) is 9.97 Å². The Morgan fingerprint density at radius 2 is 2.24 bits per heavy atom. The summed E-state index contributed by atoms with van der Waals surface area (Å²) in [5.41, 5.74) is 2.87. The van der Waals surface area contributed by atoms with Gasteiger partial charge in [0.15, 0.2) is 0 Å². The summed E-state index contributed by atoms with van der Waals surface area (Å²) < 4.78 is 0. The van der Waals surface area contributed by atoms with E-state index in [1.807, 2.05) is 24.3 Å². The maximum Gasteiger partial charge on any atom is 0.229 e. The van der Waals surface area contributed by atoms with Crippen molar-refractivity contribution in [1.82, 2.24) is 19.9 Å². The van der Waals surface area contributed by atoms with Crippen molar-refractivity contribution in [1.29, 1.82) is 0 Å². The van der Waals surface area contributed by atoms with E-state index in [-0.39, 0.29) is 6.10 Å². The Labute approximate surface area is 146 Å². The highest BCUT2D eigenvalue weighted by Gasteiger charge is 2.19. The van der Waals surface area contributed by atoms with Gasteiger partial charge in [0.25, 0.3) is 0 Å². The molecule has 0 bridgehead atoms. The molecule has 7 heteroatoms. The third-order valence-electron chi connectivity index (χ3n) is 4.48. The SMILES string of the molecule is CCc1nc2ccc(Nc3nccc(N4CCCC(O)C4)n3)cc2[nH]1. The number of imidazole rings is 1. The molecule has 0 spiro atoms. The van der Waals surface area contributed by atoms with Gasteiger partial charge >= 0.3 is 0 Å². The fraction of sp³-hybridized carbons (Fsp3) is 0.389. The van der Waals surface area contributed by atoms with Gasteiger partial charge in [0.05, 0.1) is 17.1 Å². The number of hydrogen-bond acceptors (Lipinski definition) is 6. The number of aryl methyl sites for hydroxylation is 1. The quantitative estimate of drug-likeness (QED) is 0.677. The second kappa shape index (κ2) is 6.68. The predicted molar refractivity (Wildman–Crippen MR) is 98.2 cm³/mol. The number of aliphatic hydroxyl groups excluding tert-OH is 1. The van der Waals surface area contributed by atoms with Crippen LogP contribution in [0.4, 0.5) is 17.5 Å². The van der Waals surface area contributed by atoms with E-state index >= 15 is 0 Å². The molecule has 2 aromatic heterocycles. The second-order valence-corrected chi connectivity index (χ2v) is 6.37. The molecule has 25 heavy (non-hydrogen) atoms. The summed E-state index contributed by atoms with van der Waals surface area (Å²) in [7, 11) is 0. The van der Waals surface area contributed by atoms with E-state index in [4.69, 9.17) is 0 Å². The number of H-pyrrole nitrogens is 1. The molecule has 7 nitrogen and oxygen atoms in total. The normalized spacial score (nSPS) is 17.8. The molecule has 0 radical (unpaired) electrons. The maximum absolute atomic E-state index is 9.86. The maximum atomic E-state index is 9.86. The van der Waals surface area contributed by atoms with Crippen molar-refractivity contribution in [3.8, 4) is 0 Å². The van der Waals surface area contributed by atoms with Crippen LogP contribution in [0.25, 0.3) is 11.0 Å². The minimum atomic E-state index is -0.282. The van der Waals surface area contributed by atoms with E-state index in [0.29, 0.717) is 12.5 Å². The highest BCUT2D eigenvalue weighted by molar-refractivity contribution is 5.80. The zero-order valence-corrected chi connectivity index (χ0v) is 14.2. The lowest BCUT2D eigenvalue weighted by molar-refractivity contribution is 0.154. The minimum absolute atomic E-state index is 0.282. The molecule has 4 rings (SSSR count). The highest BCUT2D eigenvalue weighted by atomic mass is 16.3. The van der Waals surface area contributed by atoms with Crippen molar-refractivity contribution < 1.29 is 5.11 Å². The topological polar surface area (TPSA) is 90.0 Å². The van der Waals surface area contributed by atoms with Crippen molar-refractivity contribution in [3.05, 3.63) is 36.3 Å². The number of rotatable bonds is 4. The van der Waals surface area contributed by atoms with E-state index in [1.165, 1.54) is 0 Å². The molecule has 1 saturated heterocycles. The standard InChI is InChI=1S/C18H22N6O/c1-2-16-21-14-6-5-12(10-15(14)22-16)20-18-19-8-7-17(23-18)24-9-3-4-13(25)11-24/h5-8,10,13,25H,2-4,9,11H2,1H3,(H,21,22)(H,19,20,23). The molecule has 0 amide bonds. The average molecular weight is 338 g/mol. The van der Waals surface area contributed by atoms with Crippen LogP contribution in [0.3, 0.4) is 0 Å². The average Bonchev–Trinajstić information content (AvgIpc) is 3.04. The fourth-order valence-corrected chi connectivity index (χ4v) is 3.19. The van der Waals surface area contributed by atoms with E-state index in [2.05, 4.69) is 37.1 Å². The molecule has 3 N–H and O–H groups in total. The predicted octanol–water partition coefficient (Wildman–Crippen LogP) is 2.62. The number of β-amino-alcohol motifs (C(OH)–C–C–N with tert-alkyl or cyclic N) is 1. The van der Waals surface area contributed by atoms with E-state index in [9.17, 15) is 5.11 Å². The van der Waals surface area contributed by atoms with Crippen LogP contribution in [-0.4, -0.2) is 44.2 Å². The van der Waals surface area contributed by atoms with Crippen molar-refractivity contribution in [3.63, 3.8) is 0 Å². The second-order valence-electron chi connectivity index (χ2n) is 6.37. The Morgan fingerprint density at radius 1 is 1.32 bits per heavy atom. The van der Waals surface area contributed by atoms with Crippen LogP contribution < -0.4 is 10.2 Å². The Hall–Kier alpha value is -2.67. The monoisotopic (exact) mass is 338 g/mol. The number of aliphatic hydroxyl groups is 1. The Kier molecular flexibility index (Phi) is 4.23. The van der Waals surface area contributed by atoms with Crippen molar-refractivity contribution in [2.24, 2.45) is 0 Å². The van der Waals surface area contributed by atoms with Crippen molar-refractivity contribution in [2.75, 3.05) is 23.3 Å². The van der Waals surface area contributed by atoms with Gasteiger partial charge < -0.3 is 20.3 Å². The number of aromatic nitrogens is 4. The third-order valence-corrected chi connectivity index (χ3v) is 4.48. The Bertz CT molecular complexity index is 877. The van der Waals surface area contributed by atoms with E-state index < -0.39 is 0 Å². The summed E-state index contributed by atoms with van der Waals surface area (Å²) >= 11 is 0. The first-order chi connectivity index (χ1) is 12.2. The number of benzene rings is 1. The van der Waals surface area contributed by atoms with Gasteiger partial charge in [-0.3, -0.25) is 0 Å². The molecule has 130 valence electrons. The van der Waals surface area contributed by atoms with Crippen LogP contribution in [0, 0.1) is 0 Å². The number of aromatic amines is 1. The number of nitrogens with zero attached hydrogens (tertiary/aromatic N) is 4. The molecular formula is C18H22N6O. The summed E-state index contributed by atoms with van der Waals surface area (Å²) in [6.07, 6.45) is 4.18. The van der Waals surface area contributed by atoms with Gasteiger partial charge in [-0.2, -0.15) is 4.98 Å². The summed E-state index contributed by atoms with van der Waals surface area (Å²) in [6, 6.07) is 7.86. The van der Waals surface area contributed by atoms with Crippen LogP contribution in [0.5, 0.6) is 0 Å². The number of piperidine rings is 1. The molecule has 1 aliphatic rings. The zero-order valence-electron chi connectivity index (χ0n) is 14.2. The summed E-state index contributed by atoms with van der Waals surface area (Å²) in [5.74, 6) is 2.37. The Morgan fingerprint density at radius 3 is 3.08 bits per heavy atom. The van der Waals surface area contributed by atoms with Crippen LogP contribution in [0.2, 0.25) is 0 Å². The number of anilines is 3. The van der Waals surface area contributed by atoms with Gasteiger partial charge in [0.1, 0.15) is 11.6 Å². The molecule has 3 heterocycles. The molecule has 3 aromatic rings. The largest absolute Gasteiger partial charge is 0.391 e. The smallest absolute Gasteiger partial charge is 0.229 e. The molecular weight excluding hydrogens is 316 g/mol. The van der Waals surface area contributed by atoms with Crippen LogP contribution in [0.1, 0.15) is 25.6 Å². The molecule has 1 fully saturated rings. The summed E-state index contributed by atoms with van der Waals surface area (Å²) in [6.45, 7) is 3.61. The van der Waals surface area contributed by atoms with Crippen LogP contribution in [-0.2, 0) is 6.42 Å². The van der Waals surface area contributed by atoms with E-state index in [0.717, 1.165) is 54.2 Å². The van der Waals surface area contributed by atoms with Gasteiger partial charge in [0, 0.05) is 31.4 Å². The minimum Gasteiger partial charge on any atom is -0.391 e. The first-order valence-electron chi connectivity index (χ1n) is 8.73. The summed E-state index contributed by atoms with van der Waals surface area (Å²) in [4.78, 5) is 18.8. The number of fused-ring (bicyclic) bond motifs is 1. The first kappa shape index (κ1) is 15.8. The zero-order chi connectivity index (χ0) is 17.2. The summed E-state index contributed by atoms with van der Waals surface area (Å²) in [5, 5.41) is 13.1.